The summed E-state index contributed by atoms with van der Waals surface area (Å²) < 4.78 is 41.4. The lowest BCUT2D eigenvalue weighted by Gasteiger charge is -2.29. The van der Waals surface area contributed by atoms with Crippen LogP contribution in [-0.4, -0.2) is 43.6 Å². The number of nitrogens with one attached hydrogen (secondary N) is 2. The number of amides is 2. The minimum atomic E-state index is -4.95. The molecule has 0 aromatic carbocycles. The zero-order chi connectivity index (χ0) is 21.1. The van der Waals surface area contributed by atoms with Gasteiger partial charge in [0.25, 0.3) is 0 Å². The van der Waals surface area contributed by atoms with E-state index < -0.39 is 36.6 Å². The summed E-state index contributed by atoms with van der Waals surface area (Å²) >= 11 is 1.27. The first-order chi connectivity index (χ1) is 13.7. The van der Waals surface area contributed by atoms with Gasteiger partial charge in [0.2, 0.25) is 10.7 Å². The van der Waals surface area contributed by atoms with Gasteiger partial charge in [-0.1, -0.05) is 30.6 Å². The number of carbonyl (C=O) groups is 1. The first-order valence-corrected chi connectivity index (χ1v) is 10.2. The maximum absolute atomic E-state index is 13.5. The highest BCUT2D eigenvalue weighted by Crippen LogP contribution is 2.40. The molecule has 0 saturated heterocycles. The first kappa shape index (κ1) is 21.5. The number of nitrogens with zero attached hydrogens (tertiary/aromatic N) is 4. The molecule has 2 amide bonds. The molecule has 1 fully saturated rings. The minimum Gasteiger partial charge on any atom is -0.374 e. The van der Waals surface area contributed by atoms with Crippen LogP contribution in [0.2, 0.25) is 0 Å². The fraction of sp³-hybridized carbons (Fsp3) is 0.647. The largest absolute Gasteiger partial charge is 0.424 e. The van der Waals surface area contributed by atoms with Crippen LogP contribution in [0.15, 0.2) is 12.4 Å². The predicted molar refractivity (Wildman–Crippen MR) is 101 cm³/mol. The van der Waals surface area contributed by atoms with E-state index >= 15 is 0 Å². The molecule has 1 saturated carbocycles. The lowest BCUT2D eigenvalue weighted by molar-refractivity contribution is -0.272. The fourth-order valence-electron chi connectivity index (χ4n) is 3.44. The Balaban J connectivity index is 1.55. The van der Waals surface area contributed by atoms with E-state index in [2.05, 4.69) is 25.8 Å². The number of hydrogen-bond donors (Lipinski definition) is 3. The number of urea groups is 1. The van der Waals surface area contributed by atoms with E-state index in [1.807, 2.05) is 0 Å². The van der Waals surface area contributed by atoms with Crippen molar-refractivity contribution in [1.29, 1.82) is 0 Å². The monoisotopic (exact) mass is 432 g/mol. The van der Waals surface area contributed by atoms with Crippen molar-refractivity contribution in [2.24, 2.45) is 7.05 Å². The maximum atomic E-state index is 13.5. The molecule has 0 radical (unpaired) electrons. The van der Waals surface area contributed by atoms with E-state index in [0.29, 0.717) is 11.0 Å². The first-order valence-electron chi connectivity index (χ1n) is 9.36. The van der Waals surface area contributed by atoms with E-state index in [9.17, 15) is 23.1 Å². The minimum absolute atomic E-state index is 0.290. The van der Waals surface area contributed by atoms with Gasteiger partial charge in [-0.05, 0) is 12.8 Å². The zero-order valence-electron chi connectivity index (χ0n) is 15.9. The Morgan fingerprint density at radius 3 is 2.66 bits per heavy atom. The van der Waals surface area contributed by atoms with Gasteiger partial charge in [0, 0.05) is 38.3 Å². The van der Waals surface area contributed by atoms with Gasteiger partial charge < -0.3 is 15.0 Å². The lowest BCUT2D eigenvalue weighted by Crippen LogP contribution is -2.47. The number of imidazole rings is 1. The van der Waals surface area contributed by atoms with Gasteiger partial charge in [-0.15, -0.1) is 10.2 Å². The highest BCUT2D eigenvalue weighted by atomic mass is 32.1. The van der Waals surface area contributed by atoms with Crippen LogP contribution in [0.1, 0.15) is 55.3 Å². The summed E-state index contributed by atoms with van der Waals surface area (Å²) in [5.74, 6) is -0.187. The molecule has 0 aliphatic heterocycles. The standard InChI is InChI=1S/C17H23F3N6O2S/c1-26-10-9-21-13(26)16(28,17(18,19)20)7-8-22-14(27)23-15-25-24-12(29-15)11-5-3-2-4-6-11/h9-11,28H,2-8H2,1H3,(H2,22,23,25,27). The third-order valence-electron chi connectivity index (χ3n) is 5.05. The van der Waals surface area contributed by atoms with Crippen LogP contribution in [0.5, 0.6) is 0 Å². The molecule has 29 heavy (non-hydrogen) atoms. The van der Waals surface area contributed by atoms with Crippen molar-refractivity contribution in [3.8, 4) is 0 Å². The Kier molecular flexibility index (Phi) is 6.42. The third kappa shape index (κ3) is 4.86. The topological polar surface area (TPSA) is 105 Å². The highest BCUT2D eigenvalue weighted by molar-refractivity contribution is 7.15. The van der Waals surface area contributed by atoms with Crippen molar-refractivity contribution in [3.63, 3.8) is 0 Å². The number of rotatable bonds is 6. The van der Waals surface area contributed by atoms with Gasteiger partial charge in [-0.3, -0.25) is 5.32 Å². The average molecular weight is 432 g/mol. The van der Waals surface area contributed by atoms with Crippen molar-refractivity contribution < 1.29 is 23.1 Å². The second-order valence-corrected chi connectivity index (χ2v) is 8.14. The molecule has 1 atom stereocenters. The molecule has 12 heteroatoms. The van der Waals surface area contributed by atoms with Crippen molar-refractivity contribution in [2.45, 2.75) is 56.2 Å². The Labute approximate surface area is 169 Å². The summed E-state index contributed by atoms with van der Waals surface area (Å²) in [6.07, 6.45) is 2.35. The number of hydrogen-bond acceptors (Lipinski definition) is 6. The molecule has 1 aliphatic rings. The number of carbonyl (C=O) groups excluding carboxylic acids is 1. The molecule has 3 N–H and O–H groups in total. The van der Waals surface area contributed by atoms with Crippen LogP contribution in [0.25, 0.3) is 0 Å². The summed E-state index contributed by atoms with van der Waals surface area (Å²) in [6, 6.07) is -0.708. The number of aromatic nitrogens is 4. The van der Waals surface area contributed by atoms with Crippen molar-refractivity contribution in [2.75, 3.05) is 11.9 Å². The van der Waals surface area contributed by atoms with Gasteiger partial charge in [-0.2, -0.15) is 13.2 Å². The molecule has 8 nitrogen and oxygen atoms in total. The summed E-state index contributed by atoms with van der Waals surface area (Å²) in [5, 5.41) is 24.2. The fourth-order valence-corrected chi connectivity index (χ4v) is 4.35. The molecule has 0 spiro atoms. The van der Waals surface area contributed by atoms with Crippen molar-refractivity contribution in [1.82, 2.24) is 25.1 Å². The Hall–Kier alpha value is -2.21. The molecule has 2 heterocycles. The molecule has 0 bridgehead atoms. The predicted octanol–water partition coefficient (Wildman–Crippen LogP) is 3.28. The summed E-state index contributed by atoms with van der Waals surface area (Å²) in [7, 11) is 1.36. The molecule has 3 rings (SSSR count). The Bertz CT molecular complexity index is 833. The van der Waals surface area contributed by atoms with Crippen LogP contribution >= 0.6 is 11.3 Å². The lowest BCUT2D eigenvalue weighted by atomic mass is 9.90. The van der Waals surface area contributed by atoms with Crippen LogP contribution in [0.4, 0.5) is 23.1 Å². The number of anilines is 1. The van der Waals surface area contributed by atoms with Gasteiger partial charge in [-0.25, -0.2) is 9.78 Å². The molecular formula is C17H23F3N6O2S. The molecule has 1 unspecified atom stereocenters. The van der Waals surface area contributed by atoms with Gasteiger partial charge in [0.1, 0.15) is 10.8 Å². The quantitative estimate of drug-likeness (QED) is 0.650. The normalized spacial score (nSPS) is 17.7. The third-order valence-corrected chi connectivity index (χ3v) is 6.05. The number of aliphatic hydroxyl groups is 1. The van der Waals surface area contributed by atoms with Crippen LogP contribution < -0.4 is 10.6 Å². The Morgan fingerprint density at radius 1 is 1.31 bits per heavy atom. The van der Waals surface area contributed by atoms with E-state index in [-0.39, 0.29) is 0 Å². The van der Waals surface area contributed by atoms with E-state index in [1.54, 1.807) is 0 Å². The summed E-state index contributed by atoms with van der Waals surface area (Å²) in [5.41, 5.74) is -3.17. The highest BCUT2D eigenvalue weighted by Gasteiger charge is 2.57. The van der Waals surface area contributed by atoms with Gasteiger partial charge >= 0.3 is 12.2 Å². The SMILES string of the molecule is Cn1ccnc1C(O)(CCNC(=O)Nc1nnc(C2CCCCC2)s1)C(F)(F)F. The molecular weight excluding hydrogens is 409 g/mol. The number of halogens is 3. The van der Waals surface area contributed by atoms with Crippen molar-refractivity contribution in [3.05, 3.63) is 23.2 Å². The van der Waals surface area contributed by atoms with Crippen LogP contribution in [0, 0.1) is 0 Å². The number of aryl methyl sites for hydroxylation is 1. The zero-order valence-corrected chi connectivity index (χ0v) is 16.7. The smallest absolute Gasteiger partial charge is 0.374 e. The van der Waals surface area contributed by atoms with Crippen molar-refractivity contribution >= 4 is 22.5 Å². The molecule has 2 aromatic rings. The van der Waals surface area contributed by atoms with E-state index in [1.165, 1.54) is 37.2 Å². The van der Waals surface area contributed by atoms with E-state index in [4.69, 9.17) is 0 Å². The summed E-state index contributed by atoms with van der Waals surface area (Å²) in [6.45, 7) is -0.414. The summed E-state index contributed by atoms with van der Waals surface area (Å²) in [4.78, 5) is 15.6. The molecule has 2 aromatic heterocycles. The van der Waals surface area contributed by atoms with Crippen LogP contribution in [0.3, 0.4) is 0 Å². The van der Waals surface area contributed by atoms with Crippen LogP contribution in [-0.2, 0) is 12.6 Å². The molecule has 160 valence electrons. The molecule has 1 aliphatic carbocycles. The second kappa shape index (κ2) is 8.66. The second-order valence-electron chi connectivity index (χ2n) is 7.13. The Morgan fingerprint density at radius 2 is 2.03 bits per heavy atom. The number of alkyl halides is 3. The van der Waals surface area contributed by atoms with E-state index in [0.717, 1.165) is 35.3 Å². The van der Waals surface area contributed by atoms with Gasteiger partial charge in [0.05, 0.1) is 0 Å². The average Bonchev–Trinajstić information content (AvgIpc) is 3.30. The van der Waals surface area contributed by atoms with Gasteiger partial charge in [0.15, 0.2) is 0 Å². The maximum Gasteiger partial charge on any atom is 0.424 e.